The second-order valence-corrected chi connectivity index (χ2v) is 5.72. The molecule has 0 saturated heterocycles. The molecule has 1 atom stereocenters. The summed E-state index contributed by atoms with van der Waals surface area (Å²) in [6, 6.07) is 10.4. The first-order valence-electron chi connectivity index (χ1n) is 6.45. The Balaban J connectivity index is 1.95. The van der Waals surface area contributed by atoms with Gasteiger partial charge < -0.3 is 10.1 Å². The van der Waals surface area contributed by atoms with E-state index in [-0.39, 0.29) is 6.61 Å². The standard InChI is InChI=1S/C15H20N2O/c1-15(2)7-6-13(11-15)17-12-4-3-5-14(10-12)18-9-8-16/h3-5,10,13,17H,6-7,9,11H2,1-2H3. The highest BCUT2D eigenvalue weighted by Gasteiger charge is 2.30. The largest absolute Gasteiger partial charge is 0.479 e. The monoisotopic (exact) mass is 244 g/mol. The molecule has 1 unspecified atom stereocenters. The van der Waals surface area contributed by atoms with Crippen molar-refractivity contribution in [2.75, 3.05) is 11.9 Å². The molecule has 1 aromatic carbocycles. The third kappa shape index (κ3) is 3.40. The highest BCUT2D eigenvalue weighted by Crippen LogP contribution is 2.38. The van der Waals surface area contributed by atoms with Crippen LogP contribution >= 0.6 is 0 Å². The number of anilines is 1. The third-order valence-corrected chi connectivity index (χ3v) is 3.48. The van der Waals surface area contributed by atoms with Crippen molar-refractivity contribution in [1.29, 1.82) is 5.26 Å². The quantitative estimate of drug-likeness (QED) is 0.880. The maximum absolute atomic E-state index is 8.49. The Morgan fingerprint density at radius 2 is 2.33 bits per heavy atom. The van der Waals surface area contributed by atoms with E-state index in [0.29, 0.717) is 11.5 Å². The second-order valence-electron chi connectivity index (χ2n) is 5.72. The summed E-state index contributed by atoms with van der Waals surface area (Å²) in [5, 5.41) is 12.0. The van der Waals surface area contributed by atoms with Crippen LogP contribution in [0.15, 0.2) is 24.3 Å². The Morgan fingerprint density at radius 1 is 1.50 bits per heavy atom. The van der Waals surface area contributed by atoms with Gasteiger partial charge >= 0.3 is 0 Å². The Labute approximate surface area is 109 Å². The van der Waals surface area contributed by atoms with Crippen LogP contribution in [0.5, 0.6) is 5.75 Å². The molecule has 1 N–H and O–H groups in total. The first-order chi connectivity index (χ1) is 8.59. The molecule has 96 valence electrons. The van der Waals surface area contributed by atoms with Crippen molar-refractivity contribution >= 4 is 5.69 Å². The second kappa shape index (κ2) is 5.30. The number of benzene rings is 1. The third-order valence-electron chi connectivity index (χ3n) is 3.48. The minimum absolute atomic E-state index is 0.0971. The van der Waals surface area contributed by atoms with Crippen LogP contribution in [-0.4, -0.2) is 12.6 Å². The molecule has 0 heterocycles. The van der Waals surface area contributed by atoms with Crippen molar-refractivity contribution in [2.24, 2.45) is 5.41 Å². The lowest BCUT2D eigenvalue weighted by atomic mass is 9.92. The van der Waals surface area contributed by atoms with Gasteiger partial charge in [-0.15, -0.1) is 0 Å². The summed E-state index contributed by atoms with van der Waals surface area (Å²) >= 11 is 0. The fourth-order valence-electron chi connectivity index (χ4n) is 2.59. The molecule has 18 heavy (non-hydrogen) atoms. The molecule has 0 bridgehead atoms. The molecule has 3 nitrogen and oxygen atoms in total. The fourth-order valence-corrected chi connectivity index (χ4v) is 2.59. The maximum Gasteiger partial charge on any atom is 0.174 e. The summed E-state index contributed by atoms with van der Waals surface area (Å²) in [5.74, 6) is 0.749. The zero-order chi connectivity index (χ0) is 13.0. The van der Waals surface area contributed by atoms with Gasteiger partial charge in [0, 0.05) is 17.8 Å². The zero-order valence-electron chi connectivity index (χ0n) is 11.1. The molecule has 1 fully saturated rings. The van der Waals surface area contributed by atoms with E-state index in [4.69, 9.17) is 10.00 Å². The molecule has 1 saturated carbocycles. The Morgan fingerprint density at radius 3 is 3.00 bits per heavy atom. The van der Waals surface area contributed by atoms with Crippen LogP contribution < -0.4 is 10.1 Å². The van der Waals surface area contributed by atoms with E-state index in [1.807, 2.05) is 30.3 Å². The van der Waals surface area contributed by atoms with Gasteiger partial charge in [0.25, 0.3) is 0 Å². The van der Waals surface area contributed by atoms with Gasteiger partial charge in [0.2, 0.25) is 0 Å². The molecule has 2 rings (SSSR count). The van der Waals surface area contributed by atoms with E-state index in [2.05, 4.69) is 19.2 Å². The van der Waals surface area contributed by atoms with Crippen molar-refractivity contribution in [3.8, 4) is 11.8 Å². The highest BCUT2D eigenvalue weighted by molar-refractivity contribution is 5.49. The normalized spacial score (nSPS) is 21.3. The van der Waals surface area contributed by atoms with Crippen molar-refractivity contribution < 1.29 is 4.74 Å². The number of nitriles is 1. The van der Waals surface area contributed by atoms with E-state index >= 15 is 0 Å². The van der Waals surface area contributed by atoms with Crippen molar-refractivity contribution in [1.82, 2.24) is 0 Å². The number of hydrogen-bond donors (Lipinski definition) is 1. The maximum atomic E-state index is 8.49. The van der Waals surface area contributed by atoms with Crippen LogP contribution in [0, 0.1) is 16.7 Å². The van der Waals surface area contributed by atoms with E-state index in [1.165, 1.54) is 19.3 Å². The van der Waals surface area contributed by atoms with E-state index in [1.54, 1.807) is 0 Å². The average Bonchev–Trinajstić information content (AvgIpc) is 2.66. The van der Waals surface area contributed by atoms with Crippen LogP contribution in [0.2, 0.25) is 0 Å². The minimum atomic E-state index is 0.0971. The Kier molecular flexibility index (Phi) is 3.76. The topological polar surface area (TPSA) is 45.0 Å². The lowest BCUT2D eigenvalue weighted by Gasteiger charge is -2.18. The molecule has 1 aliphatic carbocycles. The SMILES string of the molecule is CC1(C)CCC(Nc2cccc(OCC#N)c2)C1. The van der Waals surface area contributed by atoms with Crippen LogP contribution in [0.4, 0.5) is 5.69 Å². The van der Waals surface area contributed by atoms with Gasteiger partial charge in [0.15, 0.2) is 6.61 Å². The van der Waals surface area contributed by atoms with Gasteiger partial charge in [0.1, 0.15) is 11.8 Å². The number of hydrogen-bond acceptors (Lipinski definition) is 3. The number of rotatable bonds is 4. The predicted octanol–water partition coefficient (Wildman–Crippen LogP) is 3.58. The fraction of sp³-hybridized carbons (Fsp3) is 0.533. The summed E-state index contributed by atoms with van der Waals surface area (Å²) < 4.78 is 5.30. The van der Waals surface area contributed by atoms with Crippen molar-refractivity contribution in [2.45, 2.75) is 39.2 Å². The number of nitrogens with zero attached hydrogens (tertiary/aromatic N) is 1. The molecular formula is C15H20N2O. The van der Waals surface area contributed by atoms with Gasteiger partial charge in [-0.2, -0.15) is 5.26 Å². The molecule has 0 spiro atoms. The van der Waals surface area contributed by atoms with Crippen LogP contribution in [0.25, 0.3) is 0 Å². The van der Waals surface area contributed by atoms with Gasteiger partial charge in [-0.05, 0) is 36.8 Å². The summed E-state index contributed by atoms with van der Waals surface area (Å²) in [6.07, 6.45) is 3.70. The first-order valence-corrected chi connectivity index (χ1v) is 6.45. The summed E-state index contributed by atoms with van der Waals surface area (Å²) in [4.78, 5) is 0. The zero-order valence-corrected chi connectivity index (χ0v) is 11.1. The van der Waals surface area contributed by atoms with Crippen LogP contribution in [-0.2, 0) is 0 Å². The van der Waals surface area contributed by atoms with Crippen LogP contribution in [0.3, 0.4) is 0 Å². The summed E-state index contributed by atoms with van der Waals surface area (Å²) in [5.41, 5.74) is 1.53. The predicted molar refractivity (Wildman–Crippen MR) is 72.6 cm³/mol. The van der Waals surface area contributed by atoms with E-state index in [0.717, 1.165) is 11.4 Å². The van der Waals surface area contributed by atoms with Crippen LogP contribution in [0.1, 0.15) is 33.1 Å². The molecule has 3 heteroatoms. The molecule has 0 radical (unpaired) electrons. The van der Waals surface area contributed by atoms with E-state index < -0.39 is 0 Å². The van der Waals surface area contributed by atoms with Gasteiger partial charge in [-0.3, -0.25) is 0 Å². The smallest absolute Gasteiger partial charge is 0.174 e. The molecular weight excluding hydrogens is 224 g/mol. The number of nitrogens with one attached hydrogen (secondary N) is 1. The molecule has 1 aromatic rings. The molecule has 0 aliphatic heterocycles. The summed E-state index contributed by atoms with van der Waals surface area (Å²) in [7, 11) is 0. The van der Waals surface area contributed by atoms with Gasteiger partial charge in [0.05, 0.1) is 0 Å². The molecule has 0 amide bonds. The lowest BCUT2D eigenvalue weighted by Crippen LogP contribution is -2.17. The Hall–Kier alpha value is -1.69. The van der Waals surface area contributed by atoms with Crippen molar-refractivity contribution in [3.63, 3.8) is 0 Å². The van der Waals surface area contributed by atoms with Gasteiger partial charge in [-0.1, -0.05) is 19.9 Å². The molecule has 0 aromatic heterocycles. The first kappa shape index (κ1) is 12.8. The van der Waals surface area contributed by atoms with Crippen molar-refractivity contribution in [3.05, 3.63) is 24.3 Å². The van der Waals surface area contributed by atoms with E-state index in [9.17, 15) is 0 Å². The Bertz CT molecular complexity index is 448. The minimum Gasteiger partial charge on any atom is -0.479 e. The van der Waals surface area contributed by atoms with Gasteiger partial charge in [-0.25, -0.2) is 0 Å². The lowest BCUT2D eigenvalue weighted by molar-refractivity contribution is 0.368. The number of ether oxygens (including phenoxy) is 1. The molecule has 1 aliphatic rings. The average molecular weight is 244 g/mol. The highest BCUT2D eigenvalue weighted by atomic mass is 16.5. The summed E-state index contributed by atoms with van der Waals surface area (Å²) in [6.45, 7) is 4.74.